The number of carbonyl (C=O) groups excluding carboxylic acids is 4. The number of aliphatic carboxylic acids is 4. The molecule has 0 aromatic heterocycles. The molecule has 0 aliphatic rings. The summed E-state index contributed by atoms with van der Waals surface area (Å²) in [4.78, 5) is 39.4. The molecule has 12 heteroatoms. The zero-order valence-electron chi connectivity index (χ0n) is 11.8. The number of carbonyl (C=O) groups is 4. The maximum Gasteiger partial charge on any atom is 1.00 e. The monoisotopic (exact) mass is 702 g/mol. The zero-order chi connectivity index (χ0) is 16.3. The molecule has 0 saturated heterocycles. The summed E-state index contributed by atoms with van der Waals surface area (Å²) in [6.45, 7) is 0. The molecule has 0 aliphatic carbocycles. The largest absolute Gasteiger partial charge is 1.00 e. The molecule has 22 heavy (non-hydrogen) atoms. The fourth-order valence-electron chi connectivity index (χ4n) is 0.820. The van der Waals surface area contributed by atoms with Crippen molar-refractivity contribution in [3.63, 3.8) is 0 Å². The van der Waals surface area contributed by atoms with Crippen LogP contribution in [-0.2, 0) is 19.2 Å². The molecule has 0 amide bonds. The second-order valence-corrected chi connectivity index (χ2v) is 3.85. The molecule has 0 aliphatic heterocycles. The van der Waals surface area contributed by atoms with Gasteiger partial charge in [-0.05, 0) is 12.8 Å². The molecular formula is C10H16N2O8Tl2. The predicted molar refractivity (Wildman–Crippen MR) is 63.4 cm³/mol. The first-order chi connectivity index (χ1) is 9.07. The molecular weight excluding hydrogens is 685 g/mol. The van der Waals surface area contributed by atoms with Crippen LogP contribution >= 0.6 is 0 Å². The van der Waals surface area contributed by atoms with Gasteiger partial charge in [-0.25, -0.2) is 0 Å². The van der Waals surface area contributed by atoms with E-state index < -0.39 is 36.0 Å². The number of rotatable bonds is 8. The average Bonchev–Trinajstić information content (AvgIpc) is 2.33. The van der Waals surface area contributed by atoms with E-state index in [0.717, 1.165) is 0 Å². The molecule has 0 aromatic rings. The molecule has 0 radical (unpaired) electrons. The van der Waals surface area contributed by atoms with Crippen molar-refractivity contribution in [2.24, 2.45) is 0 Å². The number of quaternary nitrogens is 2. The molecule has 120 valence electrons. The molecule has 0 rings (SSSR count). The Morgan fingerprint density at radius 3 is 1.05 bits per heavy atom. The van der Waals surface area contributed by atoms with Gasteiger partial charge < -0.3 is 51.1 Å². The Balaban J connectivity index is -0.000000135. The van der Waals surface area contributed by atoms with Crippen LogP contribution in [0.1, 0.15) is 25.7 Å². The van der Waals surface area contributed by atoms with E-state index in [2.05, 4.69) is 11.5 Å². The van der Waals surface area contributed by atoms with Gasteiger partial charge in [0, 0.05) is 24.8 Å². The summed E-state index contributed by atoms with van der Waals surface area (Å²) in [6, 6.07) is -1.92. The molecule has 0 aromatic carbocycles. The summed E-state index contributed by atoms with van der Waals surface area (Å²) >= 11 is 0. The number of carboxylic acids is 4. The summed E-state index contributed by atoms with van der Waals surface area (Å²) in [5, 5.41) is 39.4. The second kappa shape index (κ2) is 17.0. The van der Waals surface area contributed by atoms with Crippen molar-refractivity contribution in [3.05, 3.63) is 0 Å². The van der Waals surface area contributed by atoms with Crippen molar-refractivity contribution >= 4 is 78.5 Å². The van der Waals surface area contributed by atoms with Crippen molar-refractivity contribution in [1.29, 1.82) is 0 Å². The standard InChI is InChI=1S/2C5H9NO4.2Tl/c2*6-3(5(9)10)1-2-4(7)8;;/h2*3H,1-2,6H2,(H,7,8)(H,9,10);;/q;;2*+1/p-2/t2*3-;;/m00../s1. The summed E-state index contributed by atoms with van der Waals surface area (Å²) in [5.41, 5.74) is 6.31. The van der Waals surface area contributed by atoms with Gasteiger partial charge in [0.05, 0.1) is 11.9 Å². The number of carboxylic acid groups (broad SMARTS) is 4. The molecule has 0 unspecified atom stereocenters. The smallest absolute Gasteiger partial charge is 0.550 e. The Bertz CT molecular complexity index is 333. The third-order valence-corrected chi connectivity index (χ3v) is 2.06. The predicted octanol–water partition coefficient (Wildman–Crippen LogP) is -9.01. The van der Waals surface area contributed by atoms with Crippen LogP contribution in [0, 0.1) is 0 Å². The molecule has 0 spiro atoms. The van der Waals surface area contributed by atoms with Gasteiger partial charge >= 0.3 is 54.6 Å². The van der Waals surface area contributed by atoms with Crippen molar-refractivity contribution in [2.45, 2.75) is 37.8 Å². The Hall–Kier alpha value is -0.356. The van der Waals surface area contributed by atoms with E-state index in [4.69, 9.17) is 0 Å². The fourth-order valence-corrected chi connectivity index (χ4v) is 0.820. The molecule has 0 fully saturated rings. The summed E-state index contributed by atoms with van der Waals surface area (Å²) in [7, 11) is 0. The Morgan fingerprint density at radius 1 is 0.682 bits per heavy atom. The zero-order valence-corrected chi connectivity index (χ0v) is 20.8. The molecule has 10 nitrogen and oxygen atoms in total. The van der Waals surface area contributed by atoms with E-state index in [9.17, 15) is 39.6 Å². The maximum absolute atomic E-state index is 9.92. The topological polar surface area (TPSA) is 216 Å². The van der Waals surface area contributed by atoms with Crippen LogP contribution in [0.5, 0.6) is 0 Å². The minimum Gasteiger partial charge on any atom is -0.550 e. The van der Waals surface area contributed by atoms with Crippen LogP contribution in [0.15, 0.2) is 0 Å². The first-order valence-corrected chi connectivity index (χ1v) is 5.55. The van der Waals surface area contributed by atoms with Gasteiger partial charge in [-0.1, -0.05) is 0 Å². The number of hydrogen-bond donors (Lipinski definition) is 2. The first-order valence-electron chi connectivity index (χ1n) is 5.55. The van der Waals surface area contributed by atoms with Crippen LogP contribution in [0.25, 0.3) is 0 Å². The molecule has 0 saturated carbocycles. The minimum atomic E-state index is -1.33. The van der Waals surface area contributed by atoms with Crippen molar-refractivity contribution in [2.75, 3.05) is 0 Å². The van der Waals surface area contributed by atoms with Gasteiger partial charge in [0.2, 0.25) is 0 Å². The van der Waals surface area contributed by atoms with Gasteiger partial charge in [-0.2, -0.15) is 0 Å². The van der Waals surface area contributed by atoms with E-state index in [-0.39, 0.29) is 80.3 Å². The van der Waals surface area contributed by atoms with Crippen LogP contribution in [0.2, 0.25) is 0 Å². The van der Waals surface area contributed by atoms with Crippen molar-refractivity contribution in [3.8, 4) is 0 Å². The Morgan fingerprint density at radius 2 is 0.909 bits per heavy atom. The van der Waals surface area contributed by atoms with E-state index in [1.54, 1.807) is 0 Å². The Kier molecular flexibility index (Phi) is 22.9. The summed E-state index contributed by atoms with van der Waals surface area (Å²) in [6.07, 6.45) is -0.653. The van der Waals surface area contributed by atoms with E-state index >= 15 is 0 Å². The van der Waals surface area contributed by atoms with Gasteiger partial charge in [0.1, 0.15) is 12.1 Å². The summed E-state index contributed by atoms with van der Waals surface area (Å²) < 4.78 is 0. The van der Waals surface area contributed by atoms with Crippen molar-refractivity contribution < 1.29 is 51.1 Å². The van der Waals surface area contributed by atoms with Gasteiger partial charge in [0.25, 0.3) is 0 Å². The van der Waals surface area contributed by atoms with Crippen LogP contribution in [0.3, 0.4) is 0 Å². The minimum absolute atomic E-state index is 0. The van der Waals surface area contributed by atoms with E-state index in [1.165, 1.54) is 0 Å². The third-order valence-electron chi connectivity index (χ3n) is 2.06. The number of hydrogen-bond acceptors (Lipinski definition) is 8. The van der Waals surface area contributed by atoms with Gasteiger partial charge in [-0.15, -0.1) is 0 Å². The summed E-state index contributed by atoms with van der Waals surface area (Å²) in [5.74, 6) is -5.20. The fraction of sp³-hybridized carbons (Fsp3) is 0.600. The average molecular weight is 701 g/mol. The van der Waals surface area contributed by atoms with Crippen LogP contribution < -0.4 is 31.9 Å². The van der Waals surface area contributed by atoms with Crippen LogP contribution in [0.4, 0.5) is 0 Å². The van der Waals surface area contributed by atoms with Gasteiger partial charge in [0.15, 0.2) is 0 Å². The quantitative estimate of drug-likeness (QED) is 0.231. The third kappa shape index (κ3) is 21.9. The molecule has 2 atom stereocenters. The van der Waals surface area contributed by atoms with E-state index in [0.29, 0.717) is 0 Å². The van der Waals surface area contributed by atoms with Crippen molar-refractivity contribution in [1.82, 2.24) is 0 Å². The first kappa shape index (κ1) is 29.6. The Labute approximate surface area is 166 Å². The van der Waals surface area contributed by atoms with E-state index in [1.807, 2.05) is 0 Å². The van der Waals surface area contributed by atoms with Gasteiger partial charge in [-0.3, -0.25) is 0 Å². The normalized spacial score (nSPS) is 11.4. The molecule has 6 N–H and O–H groups in total. The van der Waals surface area contributed by atoms with Crippen LogP contribution in [-0.4, -0.2) is 90.6 Å². The molecule has 0 bridgehead atoms. The maximum atomic E-state index is 9.92. The second-order valence-electron chi connectivity index (χ2n) is 3.85. The SMILES string of the molecule is [NH3+][C@@H](CCC(=O)[O-])C(=O)[O-].[NH3+][C@@H](CCC(=O)[O-])C(=O)[O-].[Tl+].[Tl+]. The molecule has 0 heterocycles.